The van der Waals surface area contributed by atoms with Gasteiger partial charge in [0, 0.05) is 12.2 Å². The van der Waals surface area contributed by atoms with E-state index in [0.717, 1.165) is 24.4 Å². The Balaban J connectivity index is 1.87. The first-order chi connectivity index (χ1) is 11.7. The second-order valence-corrected chi connectivity index (χ2v) is 5.48. The van der Waals surface area contributed by atoms with E-state index in [-0.39, 0.29) is 5.91 Å². The number of anilines is 2. The van der Waals surface area contributed by atoms with E-state index >= 15 is 0 Å². The van der Waals surface area contributed by atoms with Crippen LogP contribution in [0.2, 0.25) is 0 Å². The van der Waals surface area contributed by atoms with Crippen LogP contribution in [0.5, 0.6) is 5.75 Å². The number of nitrogens with zero attached hydrogens (tertiary/aromatic N) is 1. The Morgan fingerprint density at radius 1 is 1.04 bits per heavy atom. The Bertz CT molecular complexity index is 624. The van der Waals surface area contributed by atoms with Crippen LogP contribution >= 0.6 is 0 Å². The lowest BCUT2D eigenvalue weighted by molar-refractivity contribution is 0.102. The molecule has 0 radical (unpaired) electrons. The molecule has 24 heavy (non-hydrogen) atoms. The summed E-state index contributed by atoms with van der Waals surface area (Å²) in [6, 6.07) is 10.9. The summed E-state index contributed by atoms with van der Waals surface area (Å²) < 4.78 is 5.38. The van der Waals surface area contributed by atoms with Crippen molar-refractivity contribution in [2.24, 2.45) is 0 Å². The molecule has 128 valence electrons. The van der Waals surface area contributed by atoms with E-state index in [1.54, 1.807) is 12.3 Å². The van der Waals surface area contributed by atoms with Crippen molar-refractivity contribution < 1.29 is 9.53 Å². The molecule has 5 heteroatoms. The summed E-state index contributed by atoms with van der Waals surface area (Å²) in [4.78, 5) is 16.4. The van der Waals surface area contributed by atoms with E-state index in [0.29, 0.717) is 18.0 Å². The largest absolute Gasteiger partial charge is 0.494 e. The van der Waals surface area contributed by atoms with Gasteiger partial charge in [0.15, 0.2) is 0 Å². The third-order valence-electron chi connectivity index (χ3n) is 3.53. The van der Waals surface area contributed by atoms with Gasteiger partial charge in [-0.2, -0.15) is 0 Å². The molecule has 1 heterocycles. The van der Waals surface area contributed by atoms with Gasteiger partial charge in [-0.1, -0.05) is 19.8 Å². The molecule has 0 saturated heterocycles. The summed E-state index contributed by atoms with van der Waals surface area (Å²) in [5.74, 6) is 0.559. The maximum Gasteiger partial charge on any atom is 0.274 e. The molecule has 1 aromatic heterocycles. The monoisotopic (exact) mass is 327 g/mol. The molecule has 0 saturated carbocycles. The first kappa shape index (κ1) is 17.8. The van der Waals surface area contributed by atoms with E-state index in [4.69, 9.17) is 4.74 Å². The lowest BCUT2D eigenvalue weighted by Gasteiger charge is -2.08. The number of rotatable bonds is 9. The van der Waals surface area contributed by atoms with Crippen LogP contribution in [0.4, 0.5) is 11.4 Å². The SMILES string of the molecule is CCCCCNc1ccc(C(=O)Nc2ccc(OCC)cc2)nc1. The summed E-state index contributed by atoms with van der Waals surface area (Å²) in [7, 11) is 0. The lowest BCUT2D eigenvalue weighted by Crippen LogP contribution is -2.13. The molecule has 1 amide bonds. The third-order valence-corrected chi connectivity index (χ3v) is 3.53. The second-order valence-electron chi connectivity index (χ2n) is 5.48. The molecular weight excluding hydrogens is 302 g/mol. The van der Waals surface area contributed by atoms with Crippen LogP contribution in [-0.2, 0) is 0 Å². The van der Waals surface area contributed by atoms with Crippen LogP contribution in [-0.4, -0.2) is 24.0 Å². The van der Waals surface area contributed by atoms with E-state index in [1.807, 2.05) is 37.3 Å². The first-order valence-electron chi connectivity index (χ1n) is 8.47. The summed E-state index contributed by atoms with van der Waals surface area (Å²) in [5, 5.41) is 6.13. The Morgan fingerprint density at radius 2 is 1.79 bits per heavy atom. The van der Waals surface area contributed by atoms with Gasteiger partial charge in [-0.05, 0) is 49.7 Å². The zero-order chi connectivity index (χ0) is 17.2. The maximum atomic E-state index is 12.2. The van der Waals surface area contributed by atoms with Crippen molar-refractivity contribution in [2.45, 2.75) is 33.1 Å². The van der Waals surface area contributed by atoms with Crippen molar-refractivity contribution in [1.82, 2.24) is 4.98 Å². The van der Waals surface area contributed by atoms with Crippen molar-refractivity contribution in [3.63, 3.8) is 0 Å². The van der Waals surface area contributed by atoms with E-state index in [9.17, 15) is 4.79 Å². The van der Waals surface area contributed by atoms with Gasteiger partial charge in [0.25, 0.3) is 5.91 Å². The summed E-state index contributed by atoms with van der Waals surface area (Å²) in [6.07, 6.45) is 5.24. The molecule has 0 spiro atoms. The number of carbonyl (C=O) groups excluding carboxylic acids is 1. The number of nitrogens with one attached hydrogen (secondary N) is 2. The van der Waals surface area contributed by atoms with Crippen LogP contribution in [0.1, 0.15) is 43.6 Å². The van der Waals surface area contributed by atoms with Crippen LogP contribution in [0.25, 0.3) is 0 Å². The number of aromatic nitrogens is 1. The Morgan fingerprint density at radius 3 is 2.42 bits per heavy atom. The second kappa shape index (κ2) is 9.55. The highest BCUT2D eigenvalue weighted by atomic mass is 16.5. The first-order valence-corrected chi connectivity index (χ1v) is 8.47. The molecule has 1 aromatic carbocycles. The van der Waals surface area contributed by atoms with Gasteiger partial charge < -0.3 is 15.4 Å². The van der Waals surface area contributed by atoms with Crippen molar-refractivity contribution in [2.75, 3.05) is 23.8 Å². The fourth-order valence-corrected chi connectivity index (χ4v) is 2.24. The maximum absolute atomic E-state index is 12.2. The predicted octanol–water partition coefficient (Wildman–Crippen LogP) is 4.33. The van der Waals surface area contributed by atoms with Gasteiger partial charge >= 0.3 is 0 Å². The number of carbonyl (C=O) groups is 1. The quantitative estimate of drug-likeness (QED) is 0.673. The van der Waals surface area contributed by atoms with Crippen molar-refractivity contribution >= 4 is 17.3 Å². The highest BCUT2D eigenvalue weighted by Gasteiger charge is 2.07. The molecule has 0 aliphatic heterocycles. The smallest absolute Gasteiger partial charge is 0.274 e. The molecule has 0 aliphatic rings. The fourth-order valence-electron chi connectivity index (χ4n) is 2.24. The number of ether oxygens (including phenoxy) is 1. The predicted molar refractivity (Wildman–Crippen MR) is 97.8 cm³/mol. The zero-order valence-electron chi connectivity index (χ0n) is 14.3. The third kappa shape index (κ3) is 5.57. The minimum atomic E-state index is -0.225. The normalized spacial score (nSPS) is 10.2. The number of unbranched alkanes of at least 4 members (excludes halogenated alkanes) is 2. The van der Waals surface area contributed by atoms with Gasteiger partial charge in [-0.25, -0.2) is 4.98 Å². The summed E-state index contributed by atoms with van der Waals surface area (Å²) in [5.41, 5.74) is 2.04. The van der Waals surface area contributed by atoms with Gasteiger partial charge in [-0.15, -0.1) is 0 Å². The Hall–Kier alpha value is -2.56. The van der Waals surface area contributed by atoms with Crippen LogP contribution in [0.15, 0.2) is 42.6 Å². The van der Waals surface area contributed by atoms with Gasteiger partial charge in [-0.3, -0.25) is 4.79 Å². The number of hydrogen-bond donors (Lipinski definition) is 2. The minimum absolute atomic E-state index is 0.225. The molecule has 2 N–H and O–H groups in total. The lowest BCUT2D eigenvalue weighted by atomic mass is 10.2. The van der Waals surface area contributed by atoms with Crippen molar-refractivity contribution in [3.8, 4) is 5.75 Å². The van der Waals surface area contributed by atoms with E-state index in [1.165, 1.54) is 12.8 Å². The minimum Gasteiger partial charge on any atom is -0.494 e. The fraction of sp³-hybridized carbons (Fsp3) is 0.368. The molecule has 0 bridgehead atoms. The molecule has 0 atom stereocenters. The standard InChI is InChI=1S/C19H25N3O2/c1-3-5-6-13-20-16-9-12-18(21-14-16)19(23)22-15-7-10-17(11-8-15)24-4-2/h7-12,14,20H,3-6,13H2,1-2H3,(H,22,23). The van der Waals surface area contributed by atoms with Crippen LogP contribution in [0, 0.1) is 0 Å². The van der Waals surface area contributed by atoms with Crippen LogP contribution in [0.3, 0.4) is 0 Å². The topological polar surface area (TPSA) is 63.2 Å². The average Bonchev–Trinajstić information content (AvgIpc) is 2.61. The summed E-state index contributed by atoms with van der Waals surface area (Å²) in [6.45, 7) is 5.66. The van der Waals surface area contributed by atoms with Gasteiger partial charge in [0.2, 0.25) is 0 Å². The zero-order valence-corrected chi connectivity index (χ0v) is 14.3. The average molecular weight is 327 g/mol. The van der Waals surface area contributed by atoms with Crippen molar-refractivity contribution in [1.29, 1.82) is 0 Å². The molecule has 0 aliphatic carbocycles. The number of amides is 1. The number of pyridine rings is 1. The van der Waals surface area contributed by atoms with E-state index < -0.39 is 0 Å². The van der Waals surface area contributed by atoms with Gasteiger partial charge in [0.05, 0.1) is 18.5 Å². The highest BCUT2D eigenvalue weighted by Crippen LogP contribution is 2.16. The van der Waals surface area contributed by atoms with E-state index in [2.05, 4.69) is 22.5 Å². The molecule has 0 fully saturated rings. The Kier molecular flexibility index (Phi) is 7.08. The number of benzene rings is 1. The molecular formula is C19H25N3O2. The van der Waals surface area contributed by atoms with Crippen molar-refractivity contribution in [3.05, 3.63) is 48.3 Å². The molecule has 0 unspecified atom stereocenters. The molecule has 2 aromatic rings. The highest BCUT2D eigenvalue weighted by molar-refractivity contribution is 6.02. The number of hydrogen-bond acceptors (Lipinski definition) is 4. The molecule has 5 nitrogen and oxygen atoms in total. The molecule has 2 rings (SSSR count). The Labute approximate surface area is 143 Å². The van der Waals surface area contributed by atoms with Gasteiger partial charge in [0.1, 0.15) is 11.4 Å². The summed E-state index contributed by atoms with van der Waals surface area (Å²) >= 11 is 0. The van der Waals surface area contributed by atoms with Crippen LogP contribution < -0.4 is 15.4 Å².